The highest BCUT2D eigenvalue weighted by atomic mass is 79.9. The Morgan fingerprint density at radius 2 is 2.31 bits per heavy atom. The van der Waals surface area contributed by atoms with E-state index in [-0.39, 0.29) is 17.5 Å². The Labute approximate surface area is 105 Å². The number of furan rings is 1. The number of amides is 1. The number of ether oxygens (including phenoxy) is 1. The summed E-state index contributed by atoms with van der Waals surface area (Å²) in [5, 5.41) is 2.62. The smallest absolute Gasteiger partial charge is 0.321 e. The summed E-state index contributed by atoms with van der Waals surface area (Å²) in [6, 6.07) is 2.90. The van der Waals surface area contributed by atoms with Gasteiger partial charge in [0, 0.05) is 6.54 Å². The maximum atomic E-state index is 11.4. The van der Waals surface area contributed by atoms with E-state index in [0.717, 1.165) is 0 Å². The van der Waals surface area contributed by atoms with Gasteiger partial charge in [0.2, 0.25) is 0 Å². The minimum Gasteiger partial charge on any atom is -0.468 e. The molecular weight excluding hydrogens is 301 g/mol. The van der Waals surface area contributed by atoms with Crippen LogP contribution in [0.3, 0.4) is 0 Å². The molecule has 0 saturated heterocycles. The lowest BCUT2D eigenvalue weighted by molar-refractivity contribution is -0.139. The van der Waals surface area contributed by atoms with Crippen LogP contribution in [0.15, 0.2) is 16.5 Å². The monoisotopic (exact) mass is 309 g/mol. The number of nitrogens with one attached hydrogen (secondary N) is 1. The normalized spacial score (nSPS) is 11.9. The van der Waals surface area contributed by atoms with Crippen LogP contribution in [-0.4, -0.2) is 30.4 Å². The second kappa shape index (κ2) is 5.91. The second-order valence-corrected chi connectivity index (χ2v) is 4.28. The van der Waals surface area contributed by atoms with Gasteiger partial charge in [-0.1, -0.05) is 15.9 Å². The molecule has 1 heterocycles. The van der Waals surface area contributed by atoms with E-state index in [9.17, 15) is 9.59 Å². The molecule has 1 unspecified atom stereocenters. The van der Waals surface area contributed by atoms with Gasteiger partial charge in [0.25, 0.3) is 5.91 Å². The van der Waals surface area contributed by atoms with Crippen LogP contribution >= 0.6 is 27.5 Å². The minimum atomic E-state index is -0.591. The molecule has 7 heteroatoms. The highest BCUT2D eigenvalue weighted by Gasteiger charge is 2.17. The fourth-order valence-corrected chi connectivity index (χ4v) is 1.41. The van der Waals surface area contributed by atoms with Gasteiger partial charge in [-0.2, -0.15) is 0 Å². The predicted molar refractivity (Wildman–Crippen MR) is 60.8 cm³/mol. The summed E-state index contributed by atoms with van der Waals surface area (Å²) in [5.41, 5.74) is 0. The van der Waals surface area contributed by atoms with Gasteiger partial charge in [-0.25, -0.2) is 0 Å². The molecule has 1 rings (SSSR count). The lowest BCUT2D eigenvalue weighted by atomic mass is 10.4. The standard InChI is InChI=1S/C9H9BrClNO4/c1-15-9(14)5(10)4-12-8(13)6-2-3-7(11)16-6/h2-3,5H,4H2,1H3,(H,12,13). The molecular formula is C9H9BrClNO4. The third-order valence-electron chi connectivity index (χ3n) is 1.70. The largest absolute Gasteiger partial charge is 0.468 e. The molecule has 0 aliphatic heterocycles. The summed E-state index contributed by atoms with van der Waals surface area (Å²) in [5.74, 6) is -0.812. The molecule has 0 aromatic carbocycles. The number of carbonyl (C=O) groups is 2. The molecule has 1 atom stereocenters. The van der Waals surface area contributed by atoms with Crippen LogP contribution in [0, 0.1) is 0 Å². The van der Waals surface area contributed by atoms with Crippen molar-refractivity contribution >= 4 is 39.4 Å². The van der Waals surface area contributed by atoms with Gasteiger partial charge in [0.1, 0.15) is 4.83 Å². The maximum absolute atomic E-state index is 11.4. The van der Waals surface area contributed by atoms with Crippen molar-refractivity contribution in [2.24, 2.45) is 0 Å². The quantitative estimate of drug-likeness (QED) is 0.677. The number of halogens is 2. The first-order chi connectivity index (χ1) is 7.54. The Morgan fingerprint density at radius 3 is 2.81 bits per heavy atom. The zero-order valence-corrected chi connectivity index (χ0v) is 10.7. The number of alkyl halides is 1. The Morgan fingerprint density at radius 1 is 1.62 bits per heavy atom. The number of hydrogen-bond donors (Lipinski definition) is 1. The summed E-state index contributed by atoms with van der Waals surface area (Å²) < 4.78 is 9.36. The van der Waals surface area contributed by atoms with Crippen molar-refractivity contribution in [2.75, 3.05) is 13.7 Å². The van der Waals surface area contributed by atoms with Gasteiger partial charge in [0.15, 0.2) is 11.0 Å². The Balaban J connectivity index is 2.44. The van der Waals surface area contributed by atoms with Crippen LogP contribution in [0.25, 0.3) is 0 Å². The fourth-order valence-electron chi connectivity index (χ4n) is 0.917. The lowest BCUT2D eigenvalue weighted by Crippen LogP contribution is -2.33. The number of methoxy groups -OCH3 is 1. The van der Waals surface area contributed by atoms with Crippen molar-refractivity contribution in [3.05, 3.63) is 23.1 Å². The van der Waals surface area contributed by atoms with E-state index in [0.29, 0.717) is 0 Å². The topological polar surface area (TPSA) is 68.5 Å². The van der Waals surface area contributed by atoms with Crippen molar-refractivity contribution < 1.29 is 18.7 Å². The first kappa shape index (κ1) is 13.1. The van der Waals surface area contributed by atoms with Crippen molar-refractivity contribution in [2.45, 2.75) is 4.83 Å². The van der Waals surface area contributed by atoms with E-state index in [4.69, 9.17) is 16.0 Å². The number of carbonyl (C=O) groups excluding carboxylic acids is 2. The van der Waals surface area contributed by atoms with E-state index in [1.165, 1.54) is 19.2 Å². The fraction of sp³-hybridized carbons (Fsp3) is 0.333. The average Bonchev–Trinajstić information content (AvgIpc) is 2.71. The molecule has 1 aromatic rings. The molecule has 0 spiro atoms. The van der Waals surface area contributed by atoms with Crippen molar-refractivity contribution in [1.82, 2.24) is 5.32 Å². The Bertz CT molecular complexity index is 393. The molecule has 1 N–H and O–H groups in total. The van der Waals surface area contributed by atoms with Crippen LogP contribution in [0.4, 0.5) is 0 Å². The summed E-state index contributed by atoms with van der Waals surface area (Å²) in [7, 11) is 1.27. The van der Waals surface area contributed by atoms with Crippen LogP contribution in [-0.2, 0) is 9.53 Å². The highest BCUT2D eigenvalue weighted by Crippen LogP contribution is 2.12. The van der Waals surface area contributed by atoms with Crippen molar-refractivity contribution in [1.29, 1.82) is 0 Å². The molecule has 1 aromatic heterocycles. The van der Waals surface area contributed by atoms with Crippen molar-refractivity contribution in [3.8, 4) is 0 Å². The molecule has 0 radical (unpaired) electrons. The van der Waals surface area contributed by atoms with E-state index in [2.05, 4.69) is 26.0 Å². The lowest BCUT2D eigenvalue weighted by Gasteiger charge is -2.07. The number of esters is 1. The molecule has 88 valence electrons. The third-order valence-corrected chi connectivity index (χ3v) is 2.60. The first-order valence-electron chi connectivity index (χ1n) is 4.30. The Kier molecular flexibility index (Phi) is 4.82. The van der Waals surface area contributed by atoms with Gasteiger partial charge in [0.05, 0.1) is 7.11 Å². The maximum Gasteiger partial charge on any atom is 0.321 e. The SMILES string of the molecule is COC(=O)C(Br)CNC(=O)c1ccc(Cl)o1. The van der Waals surface area contributed by atoms with E-state index < -0.39 is 16.7 Å². The number of hydrogen-bond acceptors (Lipinski definition) is 4. The predicted octanol–water partition coefficient (Wildman–Crippen LogP) is 1.60. The summed E-state index contributed by atoms with van der Waals surface area (Å²) in [6.07, 6.45) is 0. The second-order valence-electron chi connectivity index (χ2n) is 2.80. The van der Waals surface area contributed by atoms with Gasteiger partial charge in [-0.3, -0.25) is 9.59 Å². The molecule has 0 fully saturated rings. The molecule has 5 nitrogen and oxygen atoms in total. The average molecular weight is 311 g/mol. The minimum absolute atomic E-state index is 0.0922. The van der Waals surface area contributed by atoms with Gasteiger partial charge in [-0.05, 0) is 23.7 Å². The molecule has 0 aliphatic rings. The van der Waals surface area contributed by atoms with Crippen LogP contribution < -0.4 is 5.32 Å². The van der Waals surface area contributed by atoms with Gasteiger partial charge in [-0.15, -0.1) is 0 Å². The number of rotatable bonds is 4. The molecule has 0 aliphatic carbocycles. The van der Waals surface area contributed by atoms with E-state index >= 15 is 0 Å². The molecule has 0 bridgehead atoms. The van der Waals surface area contributed by atoms with Crippen LogP contribution in [0.2, 0.25) is 5.22 Å². The van der Waals surface area contributed by atoms with E-state index in [1.807, 2.05) is 0 Å². The third kappa shape index (κ3) is 3.53. The molecule has 0 saturated carbocycles. The van der Waals surface area contributed by atoms with Crippen LogP contribution in [0.5, 0.6) is 0 Å². The molecule has 1 amide bonds. The van der Waals surface area contributed by atoms with Crippen molar-refractivity contribution in [3.63, 3.8) is 0 Å². The van der Waals surface area contributed by atoms with Gasteiger partial charge < -0.3 is 14.5 Å². The summed E-state index contributed by atoms with van der Waals surface area (Å²) in [6.45, 7) is 0.101. The summed E-state index contributed by atoms with van der Waals surface area (Å²) in [4.78, 5) is 21.8. The van der Waals surface area contributed by atoms with Crippen LogP contribution in [0.1, 0.15) is 10.6 Å². The zero-order valence-electron chi connectivity index (χ0n) is 8.33. The first-order valence-corrected chi connectivity index (χ1v) is 5.59. The zero-order chi connectivity index (χ0) is 12.1. The van der Waals surface area contributed by atoms with E-state index in [1.54, 1.807) is 0 Å². The summed E-state index contributed by atoms with van der Waals surface area (Å²) >= 11 is 8.57. The highest BCUT2D eigenvalue weighted by molar-refractivity contribution is 9.10. The van der Waals surface area contributed by atoms with Gasteiger partial charge >= 0.3 is 5.97 Å². The Hall–Kier alpha value is -1.01. The molecule has 16 heavy (non-hydrogen) atoms.